The normalized spacial score (nSPS) is 10.6. The summed E-state index contributed by atoms with van der Waals surface area (Å²) >= 11 is 0. The van der Waals surface area contributed by atoms with Crippen molar-refractivity contribution in [3.63, 3.8) is 0 Å². The number of allylic oxidation sites excluding steroid dienone is 1. The van der Waals surface area contributed by atoms with E-state index in [0.717, 1.165) is 24.8 Å². The molecule has 5 heteroatoms. The first kappa shape index (κ1) is 14.9. The molecule has 0 aliphatic rings. The molecule has 0 N–H and O–H groups in total. The molecule has 1 rings (SSSR count). The number of non-ortho nitro benzene ring substituents is 1. The molecule has 0 bridgehead atoms. The topological polar surface area (TPSA) is 69.4 Å². The Balaban J connectivity index is 2.37. The lowest BCUT2D eigenvalue weighted by atomic mass is 10.2. The maximum Gasteiger partial charge on any atom is 0.330 e. The van der Waals surface area contributed by atoms with Crippen LogP contribution in [0.4, 0.5) is 5.69 Å². The zero-order valence-electron chi connectivity index (χ0n) is 10.9. The fraction of sp³-hybridized carbons (Fsp3) is 0.357. The van der Waals surface area contributed by atoms with Crippen LogP contribution in [0, 0.1) is 10.1 Å². The van der Waals surface area contributed by atoms with E-state index in [0.29, 0.717) is 0 Å². The molecule has 0 aliphatic carbocycles. The Labute approximate surface area is 112 Å². The lowest BCUT2D eigenvalue weighted by molar-refractivity contribution is -0.384. The first-order chi connectivity index (χ1) is 9.13. The van der Waals surface area contributed by atoms with Gasteiger partial charge in [0.15, 0.2) is 0 Å². The minimum absolute atomic E-state index is 0.0227. The number of carbonyl (C=O) groups is 1. The van der Waals surface area contributed by atoms with Crippen LogP contribution in [-0.2, 0) is 16.1 Å². The summed E-state index contributed by atoms with van der Waals surface area (Å²) in [6, 6.07) is 5.93. The summed E-state index contributed by atoms with van der Waals surface area (Å²) in [4.78, 5) is 21.3. The number of hydrogen-bond acceptors (Lipinski definition) is 4. The third-order valence-electron chi connectivity index (χ3n) is 2.51. The number of nitro groups is 1. The molecule has 0 fully saturated rings. The zero-order chi connectivity index (χ0) is 14.1. The van der Waals surface area contributed by atoms with E-state index in [-0.39, 0.29) is 12.3 Å². The molecule has 0 atom stereocenters. The summed E-state index contributed by atoms with van der Waals surface area (Å²) < 4.78 is 5.01. The van der Waals surface area contributed by atoms with E-state index in [1.807, 2.05) is 0 Å². The van der Waals surface area contributed by atoms with Crippen molar-refractivity contribution in [3.8, 4) is 0 Å². The quantitative estimate of drug-likeness (QED) is 0.248. The maximum absolute atomic E-state index is 11.3. The van der Waals surface area contributed by atoms with Crippen molar-refractivity contribution < 1.29 is 14.5 Å². The van der Waals surface area contributed by atoms with Crippen LogP contribution in [0.25, 0.3) is 0 Å². The zero-order valence-corrected chi connectivity index (χ0v) is 10.9. The number of nitro benzene ring substituents is 1. The molecule has 0 radical (unpaired) electrons. The van der Waals surface area contributed by atoms with Gasteiger partial charge in [0, 0.05) is 18.2 Å². The second-order valence-corrected chi connectivity index (χ2v) is 4.08. The largest absolute Gasteiger partial charge is 0.458 e. The van der Waals surface area contributed by atoms with Crippen molar-refractivity contribution in [1.82, 2.24) is 0 Å². The Kier molecular flexibility index (Phi) is 6.29. The Bertz CT molecular complexity index is 451. The Morgan fingerprint density at radius 3 is 2.63 bits per heavy atom. The van der Waals surface area contributed by atoms with Gasteiger partial charge < -0.3 is 4.74 Å². The second kappa shape index (κ2) is 8.02. The Morgan fingerprint density at radius 1 is 1.37 bits per heavy atom. The summed E-state index contributed by atoms with van der Waals surface area (Å²) in [5, 5.41) is 10.5. The molecular weight excluding hydrogens is 246 g/mol. The molecule has 0 aromatic heterocycles. The van der Waals surface area contributed by atoms with Crippen LogP contribution in [0.2, 0.25) is 0 Å². The van der Waals surface area contributed by atoms with Crippen molar-refractivity contribution >= 4 is 11.7 Å². The smallest absolute Gasteiger partial charge is 0.330 e. The molecule has 0 unspecified atom stereocenters. The van der Waals surface area contributed by atoms with Crippen molar-refractivity contribution in [1.29, 1.82) is 0 Å². The van der Waals surface area contributed by atoms with Crippen LogP contribution in [0.3, 0.4) is 0 Å². The van der Waals surface area contributed by atoms with Crippen LogP contribution < -0.4 is 0 Å². The van der Waals surface area contributed by atoms with Crippen molar-refractivity contribution in [2.45, 2.75) is 32.8 Å². The van der Waals surface area contributed by atoms with Gasteiger partial charge in [-0.15, -0.1) is 0 Å². The van der Waals surface area contributed by atoms with Crippen molar-refractivity contribution in [2.75, 3.05) is 0 Å². The number of rotatable bonds is 7. The van der Waals surface area contributed by atoms with Gasteiger partial charge in [0.05, 0.1) is 4.92 Å². The molecule has 102 valence electrons. The van der Waals surface area contributed by atoms with Gasteiger partial charge in [-0.05, 0) is 24.1 Å². The average Bonchev–Trinajstić information content (AvgIpc) is 2.42. The monoisotopic (exact) mass is 263 g/mol. The summed E-state index contributed by atoms with van der Waals surface area (Å²) in [6.45, 7) is 2.20. The van der Waals surface area contributed by atoms with Gasteiger partial charge in [-0.3, -0.25) is 10.1 Å². The highest BCUT2D eigenvalue weighted by atomic mass is 16.6. The van der Waals surface area contributed by atoms with E-state index >= 15 is 0 Å². The molecule has 1 aromatic rings. The fourth-order valence-corrected chi connectivity index (χ4v) is 1.42. The standard InChI is InChI=1S/C14H17NO4/c1-2-3-4-5-6-14(16)19-11-12-7-9-13(10-8-12)15(17)18/h5-10H,2-4,11H2,1H3. The van der Waals surface area contributed by atoms with Crippen LogP contribution in [0.15, 0.2) is 36.4 Å². The third-order valence-corrected chi connectivity index (χ3v) is 2.51. The molecular formula is C14H17NO4. The van der Waals surface area contributed by atoms with Gasteiger partial charge in [-0.1, -0.05) is 25.8 Å². The van der Waals surface area contributed by atoms with E-state index < -0.39 is 10.9 Å². The minimum atomic E-state index is -0.466. The maximum atomic E-state index is 11.3. The second-order valence-electron chi connectivity index (χ2n) is 4.08. The first-order valence-electron chi connectivity index (χ1n) is 6.20. The predicted octanol–water partition coefficient (Wildman–Crippen LogP) is 3.38. The van der Waals surface area contributed by atoms with Gasteiger partial charge in [-0.2, -0.15) is 0 Å². The summed E-state index contributed by atoms with van der Waals surface area (Å²) in [5.74, 6) is -0.394. The van der Waals surface area contributed by atoms with E-state index in [4.69, 9.17) is 4.74 Å². The number of benzene rings is 1. The van der Waals surface area contributed by atoms with Crippen LogP contribution >= 0.6 is 0 Å². The summed E-state index contributed by atoms with van der Waals surface area (Å²) in [7, 11) is 0. The van der Waals surface area contributed by atoms with Gasteiger partial charge in [-0.25, -0.2) is 4.79 Å². The number of esters is 1. The highest BCUT2D eigenvalue weighted by molar-refractivity contribution is 5.81. The predicted molar refractivity (Wildman–Crippen MR) is 71.6 cm³/mol. The summed E-state index contributed by atoms with van der Waals surface area (Å²) in [5.41, 5.74) is 0.746. The molecule has 0 saturated heterocycles. The molecule has 0 spiro atoms. The van der Waals surface area contributed by atoms with Gasteiger partial charge >= 0.3 is 5.97 Å². The lowest BCUT2D eigenvalue weighted by Gasteiger charge is -2.01. The number of unbranched alkanes of at least 4 members (excludes halogenated alkanes) is 2. The van der Waals surface area contributed by atoms with Crippen molar-refractivity contribution in [2.24, 2.45) is 0 Å². The van der Waals surface area contributed by atoms with E-state index in [1.54, 1.807) is 18.2 Å². The SMILES string of the molecule is CCCCC=CC(=O)OCc1ccc([N+](=O)[O-])cc1. The van der Waals surface area contributed by atoms with Gasteiger partial charge in [0.2, 0.25) is 0 Å². The molecule has 0 aliphatic heterocycles. The highest BCUT2D eigenvalue weighted by Gasteiger charge is 2.04. The average molecular weight is 263 g/mol. The van der Waals surface area contributed by atoms with Gasteiger partial charge in [0.1, 0.15) is 6.61 Å². The number of hydrogen-bond donors (Lipinski definition) is 0. The fourth-order valence-electron chi connectivity index (χ4n) is 1.42. The summed E-state index contributed by atoms with van der Waals surface area (Å²) in [6.07, 6.45) is 6.21. The lowest BCUT2D eigenvalue weighted by Crippen LogP contribution is -2.00. The van der Waals surface area contributed by atoms with E-state index in [1.165, 1.54) is 18.2 Å². The van der Waals surface area contributed by atoms with Crippen LogP contribution in [-0.4, -0.2) is 10.9 Å². The number of nitrogens with zero attached hydrogens (tertiary/aromatic N) is 1. The van der Waals surface area contributed by atoms with E-state index in [9.17, 15) is 14.9 Å². The molecule has 0 amide bonds. The third kappa shape index (κ3) is 5.81. The Hall–Kier alpha value is -2.17. The van der Waals surface area contributed by atoms with Crippen LogP contribution in [0.5, 0.6) is 0 Å². The van der Waals surface area contributed by atoms with Crippen LogP contribution in [0.1, 0.15) is 31.7 Å². The molecule has 0 saturated carbocycles. The minimum Gasteiger partial charge on any atom is -0.458 e. The molecule has 1 aromatic carbocycles. The highest BCUT2D eigenvalue weighted by Crippen LogP contribution is 2.12. The van der Waals surface area contributed by atoms with E-state index in [2.05, 4.69) is 6.92 Å². The number of ether oxygens (including phenoxy) is 1. The van der Waals surface area contributed by atoms with Gasteiger partial charge in [0.25, 0.3) is 5.69 Å². The number of carbonyl (C=O) groups excluding carboxylic acids is 1. The molecule has 5 nitrogen and oxygen atoms in total. The first-order valence-corrected chi connectivity index (χ1v) is 6.20. The molecule has 19 heavy (non-hydrogen) atoms. The Morgan fingerprint density at radius 2 is 2.05 bits per heavy atom. The molecule has 0 heterocycles. The van der Waals surface area contributed by atoms with Crippen molar-refractivity contribution in [3.05, 3.63) is 52.1 Å².